The minimum absolute atomic E-state index is 1.08. The van der Waals surface area contributed by atoms with Gasteiger partial charge in [-0.25, -0.2) is 4.98 Å². The predicted molar refractivity (Wildman–Crippen MR) is 99.7 cm³/mol. The predicted octanol–water partition coefficient (Wildman–Crippen LogP) is 4.61. The van der Waals surface area contributed by atoms with E-state index in [1.165, 1.54) is 10.9 Å². The van der Waals surface area contributed by atoms with E-state index in [-0.39, 0.29) is 0 Å². The van der Waals surface area contributed by atoms with Gasteiger partial charge in [-0.1, -0.05) is 18.2 Å². The summed E-state index contributed by atoms with van der Waals surface area (Å²) in [5.74, 6) is 0. The quantitative estimate of drug-likeness (QED) is 0.476. The molecule has 0 aliphatic rings. The number of hydrogen-bond donors (Lipinski definition) is 0. The Labute approximate surface area is 145 Å². The van der Waals surface area contributed by atoms with Crippen LogP contribution in [0.2, 0.25) is 0 Å². The maximum absolute atomic E-state index is 4.18. The van der Waals surface area contributed by atoms with E-state index in [0.29, 0.717) is 0 Å². The number of fused-ring (bicyclic) bond motifs is 1. The first-order valence-corrected chi connectivity index (χ1v) is 8.22. The molecule has 0 atom stereocenters. The fourth-order valence-electron chi connectivity index (χ4n) is 3.24. The minimum atomic E-state index is 1.08. The SMILES string of the molecule is c1ccc2c(c1)ccn2-c1cc(-n2cccc2)cc(-n2ccnc2)c1. The summed E-state index contributed by atoms with van der Waals surface area (Å²) in [6, 6.07) is 21.2. The highest BCUT2D eigenvalue weighted by Gasteiger charge is 2.08. The Morgan fingerprint density at radius 1 is 0.640 bits per heavy atom. The molecule has 0 aliphatic heterocycles. The molecule has 3 aromatic heterocycles. The molecule has 0 aliphatic carbocycles. The van der Waals surface area contributed by atoms with E-state index >= 15 is 0 Å². The fraction of sp³-hybridized carbons (Fsp3) is 0. The first kappa shape index (κ1) is 13.9. The highest BCUT2D eigenvalue weighted by molar-refractivity contribution is 5.82. The van der Waals surface area contributed by atoms with Crippen LogP contribution in [-0.4, -0.2) is 18.7 Å². The molecule has 5 rings (SSSR count). The Hall–Kier alpha value is -3.53. The van der Waals surface area contributed by atoms with Gasteiger partial charge in [0.25, 0.3) is 0 Å². The lowest BCUT2D eigenvalue weighted by atomic mass is 10.2. The van der Waals surface area contributed by atoms with Gasteiger partial charge in [-0.15, -0.1) is 0 Å². The third kappa shape index (κ3) is 2.35. The van der Waals surface area contributed by atoms with E-state index in [4.69, 9.17) is 0 Å². The molecule has 0 saturated carbocycles. The molecule has 0 fully saturated rings. The van der Waals surface area contributed by atoms with Gasteiger partial charge in [-0.05, 0) is 47.9 Å². The summed E-state index contributed by atoms with van der Waals surface area (Å²) < 4.78 is 6.38. The van der Waals surface area contributed by atoms with Gasteiger partial charge in [0.2, 0.25) is 0 Å². The van der Waals surface area contributed by atoms with E-state index < -0.39 is 0 Å². The number of benzene rings is 2. The highest BCUT2D eigenvalue weighted by Crippen LogP contribution is 2.25. The van der Waals surface area contributed by atoms with Crippen molar-refractivity contribution in [2.75, 3.05) is 0 Å². The summed E-state index contributed by atoms with van der Waals surface area (Å²) in [4.78, 5) is 4.18. The first-order chi connectivity index (χ1) is 12.4. The third-order valence-corrected chi connectivity index (χ3v) is 4.47. The van der Waals surface area contributed by atoms with Gasteiger partial charge < -0.3 is 13.7 Å². The zero-order valence-electron chi connectivity index (χ0n) is 13.5. The van der Waals surface area contributed by atoms with Gasteiger partial charge >= 0.3 is 0 Å². The van der Waals surface area contributed by atoms with Crippen molar-refractivity contribution in [3.63, 3.8) is 0 Å². The largest absolute Gasteiger partial charge is 0.324 e. The molecule has 0 unspecified atom stereocenters. The monoisotopic (exact) mass is 324 g/mol. The van der Waals surface area contributed by atoms with Gasteiger partial charge in [-0.2, -0.15) is 0 Å². The lowest BCUT2D eigenvalue weighted by molar-refractivity contribution is 1.01. The number of aromatic nitrogens is 4. The Balaban J connectivity index is 1.76. The number of para-hydroxylation sites is 1. The molecule has 0 spiro atoms. The normalized spacial score (nSPS) is 11.2. The number of rotatable bonds is 3. The van der Waals surface area contributed by atoms with E-state index in [1.807, 2.05) is 29.2 Å². The van der Waals surface area contributed by atoms with Crippen molar-refractivity contribution < 1.29 is 0 Å². The topological polar surface area (TPSA) is 27.7 Å². The van der Waals surface area contributed by atoms with Crippen LogP contribution >= 0.6 is 0 Å². The summed E-state index contributed by atoms with van der Waals surface area (Å²) in [6.07, 6.45) is 11.8. The molecule has 120 valence electrons. The molecule has 25 heavy (non-hydrogen) atoms. The highest BCUT2D eigenvalue weighted by atomic mass is 15.0. The van der Waals surface area contributed by atoms with Crippen LogP contribution in [-0.2, 0) is 0 Å². The second-order valence-electron chi connectivity index (χ2n) is 6.01. The first-order valence-electron chi connectivity index (χ1n) is 8.22. The van der Waals surface area contributed by atoms with Crippen LogP contribution in [0.5, 0.6) is 0 Å². The average molecular weight is 324 g/mol. The van der Waals surface area contributed by atoms with Crippen LogP contribution in [0.4, 0.5) is 0 Å². The average Bonchev–Trinajstić information content (AvgIpc) is 3.42. The molecular weight excluding hydrogens is 308 g/mol. The summed E-state index contributed by atoms with van der Waals surface area (Å²) in [5, 5.41) is 1.23. The lowest BCUT2D eigenvalue weighted by Crippen LogP contribution is -2.00. The third-order valence-electron chi connectivity index (χ3n) is 4.47. The molecule has 5 aromatic rings. The van der Waals surface area contributed by atoms with Crippen LogP contribution < -0.4 is 0 Å². The second-order valence-corrected chi connectivity index (χ2v) is 6.01. The molecule has 0 N–H and O–H groups in total. The number of hydrogen-bond acceptors (Lipinski definition) is 1. The van der Waals surface area contributed by atoms with Gasteiger partial charge in [0.05, 0.1) is 17.5 Å². The van der Waals surface area contributed by atoms with Crippen molar-refractivity contribution in [2.45, 2.75) is 0 Å². The molecule has 0 amide bonds. The summed E-state index contributed by atoms with van der Waals surface area (Å²) >= 11 is 0. The summed E-state index contributed by atoms with van der Waals surface area (Å²) in [6.45, 7) is 0. The molecule has 2 aromatic carbocycles. The maximum Gasteiger partial charge on any atom is 0.0991 e. The zero-order valence-corrected chi connectivity index (χ0v) is 13.5. The van der Waals surface area contributed by atoms with Crippen LogP contribution in [0.25, 0.3) is 28.0 Å². The lowest BCUT2D eigenvalue weighted by Gasteiger charge is -2.13. The summed E-state index contributed by atoms with van der Waals surface area (Å²) in [5.41, 5.74) is 4.51. The molecule has 0 radical (unpaired) electrons. The molecule has 3 heterocycles. The smallest absolute Gasteiger partial charge is 0.0991 e. The Bertz CT molecular complexity index is 1080. The van der Waals surface area contributed by atoms with Crippen molar-refractivity contribution in [1.29, 1.82) is 0 Å². The van der Waals surface area contributed by atoms with Crippen molar-refractivity contribution in [2.24, 2.45) is 0 Å². The van der Waals surface area contributed by atoms with Crippen molar-refractivity contribution in [3.8, 4) is 17.1 Å². The summed E-state index contributed by atoms with van der Waals surface area (Å²) in [7, 11) is 0. The minimum Gasteiger partial charge on any atom is -0.324 e. The van der Waals surface area contributed by atoms with Crippen molar-refractivity contribution in [3.05, 3.63) is 98.0 Å². The van der Waals surface area contributed by atoms with E-state index in [9.17, 15) is 0 Å². The van der Waals surface area contributed by atoms with Gasteiger partial charge in [0, 0.05) is 42.4 Å². The van der Waals surface area contributed by atoms with Crippen LogP contribution in [0.15, 0.2) is 98.0 Å². The Kier molecular flexibility index (Phi) is 3.07. The van der Waals surface area contributed by atoms with Crippen LogP contribution in [0, 0.1) is 0 Å². The zero-order chi connectivity index (χ0) is 16.6. The van der Waals surface area contributed by atoms with Crippen molar-refractivity contribution >= 4 is 10.9 Å². The van der Waals surface area contributed by atoms with E-state index in [2.05, 4.69) is 81.2 Å². The Morgan fingerprint density at radius 2 is 1.40 bits per heavy atom. The molecular formula is C21H16N4. The van der Waals surface area contributed by atoms with E-state index in [0.717, 1.165) is 17.1 Å². The van der Waals surface area contributed by atoms with Gasteiger partial charge in [0.15, 0.2) is 0 Å². The number of imidazole rings is 1. The van der Waals surface area contributed by atoms with Crippen molar-refractivity contribution in [1.82, 2.24) is 18.7 Å². The van der Waals surface area contributed by atoms with Crippen LogP contribution in [0.3, 0.4) is 0 Å². The van der Waals surface area contributed by atoms with Gasteiger partial charge in [-0.3, -0.25) is 0 Å². The Morgan fingerprint density at radius 3 is 2.20 bits per heavy atom. The molecule has 4 heteroatoms. The number of nitrogens with zero attached hydrogens (tertiary/aromatic N) is 4. The molecule has 4 nitrogen and oxygen atoms in total. The van der Waals surface area contributed by atoms with E-state index in [1.54, 1.807) is 6.20 Å². The standard InChI is InChI=1S/C21H16N4/c1-2-6-21-17(5-1)7-11-25(21)20-14-18(23-9-3-4-10-23)13-19(15-20)24-12-8-22-16-24/h1-16H. The molecule has 0 saturated heterocycles. The fourth-order valence-corrected chi connectivity index (χ4v) is 3.24. The molecule has 0 bridgehead atoms. The van der Waals surface area contributed by atoms with Gasteiger partial charge in [0.1, 0.15) is 0 Å². The second kappa shape index (κ2) is 5.53. The maximum atomic E-state index is 4.18. The van der Waals surface area contributed by atoms with Crippen LogP contribution in [0.1, 0.15) is 0 Å².